The first kappa shape index (κ1) is 17.0. The number of halogens is 1. The number of amides is 2. The van der Waals surface area contributed by atoms with Gasteiger partial charge in [-0.2, -0.15) is 0 Å². The molecule has 0 aliphatic heterocycles. The maximum Gasteiger partial charge on any atom is 0.244 e. The summed E-state index contributed by atoms with van der Waals surface area (Å²) in [6.45, 7) is 1.92. The number of primary amides is 1. The number of hydrogen-bond acceptors (Lipinski definition) is 3. The lowest BCUT2D eigenvalue weighted by Gasteiger charge is -2.29. The number of nitrogens with two attached hydrogens (primary N) is 2. The first-order chi connectivity index (χ1) is 10.3. The van der Waals surface area contributed by atoms with Gasteiger partial charge >= 0.3 is 0 Å². The summed E-state index contributed by atoms with van der Waals surface area (Å²) in [5, 5.41) is 2.82. The number of carbonyl (C=O) groups is 2. The van der Waals surface area contributed by atoms with Crippen molar-refractivity contribution in [2.75, 3.05) is 6.54 Å². The Balaban J connectivity index is 2.07. The van der Waals surface area contributed by atoms with Crippen LogP contribution in [0.4, 0.5) is 0 Å². The maximum absolute atomic E-state index is 12.5. The predicted octanol–water partition coefficient (Wildman–Crippen LogP) is 1.78. The van der Waals surface area contributed by atoms with E-state index >= 15 is 0 Å². The SMILES string of the molecule is CC(N)(C(=O)NCC1(C(N)=O)CCCC1)c1ccc(Br)cc1. The molecule has 1 aliphatic rings. The molecule has 1 saturated carbocycles. The molecule has 0 radical (unpaired) electrons. The fourth-order valence-electron chi connectivity index (χ4n) is 2.92. The maximum atomic E-state index is 12.5. The summed E-state index contributed by atoms with van der Waals surface area (Å²) < 4.78 is 0.922. The fraction of sp³-hybridized carbons (Fsp3) is 0.500. The topological polar surface area (TPSA) is 98.2 Å². The summed E-state index contributed by atoms with van der Waals surface area (Å²) in [6.07, 6.45) is 3.38. The van der Waals surface area contributed by atoms with Crippen molar-refractivity contribution in [3.63, 3.8) is 0 Å². The molecular formula is C16H22BrN3O2. The molecular weight excluding hydrogens is 346 g/mol. The van der Waals surface area contributed by atoms with Crippen molar-refractivity contribution in [3.8, 4) is 0 Å². The van der Waals surface area contributed by atoms with E-state index in [0.717, 1.165) is 30.2 Å². The van der Waals surface area contributed by atoms with Gasteiger partial charge in [0.25, 0.3) is 0 Å². The first-order valence-corrected chi connectivity index (χ1v) is 8.20. The molecule has 0 aromatic heterocycles. The van der Waals surface area contributed by atoms with Gasteiger partial charge in [0.2, 0.25) is 11.8 Å². The van der Waals surface area contributed by atoms with Crippen LogP contribution >= 0.6 is 15.9 Å². The summed E-state index contributed by atoms with van der Waals surface area (Å²) in [5.74, 6) is -0.644. The van der Waals surface area contributed by atoms with Crippen LogP contribution < -0.4 is 16.8 Å². The van der Waals surface area contributed by atoms with Gasteiger partial charge in [-0.15, -0.1) is 0 Å². The van der Waals surface area contributed by atoms with Crippen LogP contribution in [0.3, 0.4) is 0 Å². The van der Waals surface area contributed by atoms with Crippen molar-refractivity contribution in [2.45, 2.75) is 38.1 Å². The van der Waals surface area contributed by atoms with E-state index in [-0.39, 0.29) is 18.4 Å². The summed E-state index contributed by atoms with van der Waals surface area (Å²) >= 11 is 3.35. The number of benzene rings is 1. The fourth-order valence-corrected chi connectivity index (χ4v) is 3.19. The van der Waals surface area contributed by atoms with Crippen LogP contribution in [0.25, 0.3) is 0 Å². The minimum absolute atomic E-state index is 0.254. The number of hydrogen-bond donors (Lipinski definition) is 3. The van der Waals surface area contributed by atoms with E-state index in [2.05, 4.69) is 21.2 Å². The Hall–Kier alpha value is -1.40. The summed E-state index contributed by atoms with van der Waals surface area (Å²) in [7, 11) is 0. The molecule has 0 heterocycles. The Morgan fingerprint density at radius 3 is 2.32 bits per heavy atom. The lowest BCUT2D eigenvalue weighted by Crippen LogP contribution is -2.53. The molecule has 1 unspecified atom stereocenters. The van der Waals surface area contributed by atoms with E-state index in [1.807, 2.05) is 24.3 Å². The Morgan fingerprint density at radius 2 is 1.82 bits per heavy atom. The van der Waals surface area contributed by atoms with Crippen LogP contribution in [-0.2, 0) is 15.1 Å². The lowest BCUT2D eigenvalue weighted by molar-refractivity contribution is -0.130. The summed E-state index contributed by atoms with van der Waals surface area (Å²) in [6, 6.07) is 7.30. The van der Waals surface area contributed by atoms with Crippen LogP contribution in [0, 0.1) is 5.41 Å². The van der Waals surface area contributed by atoms with Crippen molar-refractivity contribution in [2.24, 2.45) is 16.9 Å². The number of carbonyl (C=O) groups excluding carboxylic acids is 2. The van der Waals surface area contributed by atoms with Gasteiger partial charge in [0.05, 0.1) is 5.41 Å². The zero-order valence-electron chi connectivity index (χ0n) is 12.7. The van der Waals surface area contributed by atoms with E-state index in [1.165, 1.54) is 0 Å². The van der Waals surface area contributed by atoms with Crippen LogP contribution in [0.2, 0.25) is 0 Å². The van der Waals surface area contributed by atoms with E-state index in [1.54, 1.807) is 6.92 Å². The van der Waals surface area contributed by atoms with E-state index in [9.17, 15) is 9.59 Å². The summed E-state index contributed by atoms with van der Waals surface area (Å²) in [4.78, 5) is 24.2. The average Bonchev–Trinajstić information content (AvgIpc) is 2.95. The molecule has 1 atom stereocenters. The normalized spacial score (nSPS) is 19.4. The van der Waals surface area contributed by atoms with Crippen molar-refractivity contribution in [1.82, 2.24) is 5.32 Å². The van der Waals surface area contributed by atoms with Crippen LogP contribution in [0.5, 0.6) is 0 Å². The molecule has 22 heavy (non-hydrogen) atoms. The van der Waals surface area contributed by atoms with Crippen molar-refractivity contribution >= 4 is 27.7 Å². The zero-order valence-corrected chi connectivity index (χ0v) is 14.3. The lowest BCUT2D eigenvalue weighted by atomic mass is 9.84. The van der Waals surface area contributed by atoms with Gasteiger partial charge in [-0.1, -0.05) is 40.9 Å². The molecule has 5 nitrogen and oxygen atoms in total. The second-order valence-electron chi connectivity index (χ2n) is 6.24. The second kappa shape index (κ2) is 6.38. The average molecular weight is 368 g/mol. The van der Waals surface area contributed by atoms with Gasteiger partial charge in [-0.05, 0) is 37.5 Å². The van der Waals surface area contributed by atoms with E-state index in [4.69, 9.17) is 11.5 Å². The van der Waals surface area contributed by atoms with Crippen molar-refractivity contribution in [3.05, 3.63) is 34.3 Å². The van der Waals surface area contributed by atoms with Crippen molar-refractivity contribution < 1.29 is 9.59 Å². The molecule has 1 aromatic rings. The highest BCUT2D eigenvalue weighted by molar-refractivity contribution is 9.10. The smallest absolute Gasteiger partial charge is 0.244 e. The van der Waals surface area contributed by atoms with Gasteiger partial charge in [-0.25, -0.2) is 0 Å². The highest BCUT2D eigenvalue weighted by atomic mass is 79.9. The third-order valence-corrected chi connectivity index (χ3v) is 5.11. The largest absolute Gasteiger partial charge is 0.369 e. The molecule has 1 aliphatic carbocycles. The minimum Gasteiger partial charge on any atom is -0.369 e. The summed E-state index contributed by atoms with van der Waals surface area (Å²) in [5.41, 5.74) is 10.7. The van der Waals surface area contributed by atoms with Gasteiger partial charge in [0.1, 0.15) is 5.54 Å². The van der Waals surface area contributed by atoms with Crippen LogP contribution in [0.1, 0.15) is 38.2 Å². The number of nitrogens with one attached hydrogen (secondary N) is 1. The molecule has 2 amide bonds. The standard InChI is InChI=1S/C16H22BrN3O2/c1-15(19,11-4-6-12(17)7-5-11)14(22)20-10-16(13(18)21)8-2-3-9-16/h4-7H,2-3,8-10,19H2,1H3,(H2,18,21)(H,20,22). The molecule has 0 spiro atoms. The van der Waals surface area contributed by atoms with Crippen LogP contribution in [-0.4, -0.2) is 18.4 Å². The highest BCUT2D eigenvalue weighted by Crippen LogP contribution is 2.37. The highest BCUT2D eigenvalue weighted by Gasteiger charge is 2.41. The zero-order chi connectivity index (χ0) is 16.4. The quantitative estimate of drug-likeness (QED) is 0.739. The first-order valence-electron chi connectivity index (χ1n) is 7.41. The molecule has 2 rings (SSSR count). The third-order valence-electron chi connectivity index (χ3n) is 4.59. The number of rotatable bonds is 5. The monoisotopic (exact) mass is 367 g/mol. The van der Waals surface area contributed by atoms with Gasteiger partial charge in [-0.3, -0.25) is 9.59 Å². The third kappa shape index (κ3) is 3.33. The van der Waals surface area contributed by atoms with Gasteiger partial charge < -0.3 is 16.8 Å². The van der Waals surface area contributed by atoms with Gasteiger partial charge in [0, 0.05) is 11.0 Å². The van der Waals surface area contributed by atoms with Gasteiger partial charge in [0.15, 0.2) is 0 Å². The van der Waals surface area contributed by atoms with E-state index in [0.29, 0.717) is 5.56 Å². The molecule has 120 valence electrons. The molecule has 1 aromatic carbocycles. The Morgan fingerprint density at radius 1 is 1.27 bits per heavy atom. The Labute approximate surface area is 138 Å². The van der Waals surface area contributed by atoms with Crippen molar-refractivity contribution in [1.29, 1.82) is 0 Å². The Bertz CT molecular complexity index is 563. The van der Waals surface area contributed by atoms with Crippen LogP contribution in [0.15, 0.2) is 28.7 Å². The molecule has 6 heteroatoms. The molecule has 1 fully saturated rings. The Kier molecular flexibility index (Phi) is 4.92. The van der Waals surface area contributed by atoms with E-state index < -0.39 is 11.0 Å². The molecule has 5 N–H and O–H groups in total. The second-order valence-corrected chi connectivity index (χ2v) is 7.16. The minimum atomic E-state index is -1.15. The molecule has 0 bridgehead atoms. The molecule has 0 saturated heterocycles. The predicted molar refractivity (Wildman–Crippen MR) is 88.8 cm³/mol.